The number of rotatable bonds is 7. The highest BCUT2D eigenvalue weighted by Gasteiger charge is 2.13. The largest absolute Gasteiger partial charge is 0.478 e. The molecule has 0 aliphatic heterocycles. The van der Waals surface area contributed by atoms with Gasteiger partial charge < -0.3 is 10.4 Å². The number of carbonyl (C=O) groups is 2. The van der Waals surface area contributed by atoms with E-state index < -0.39 is 5.97 Å². The number of aromatic carboxylic acids is 1. The Labute approximate surface area is 151 Å². The summed E-state index contributed by atoms with van der Waals surface area (Å²) < 4.78 is 0. The van der Waals surface area contributed by atoms with Gasteiger partial charge in [-0.15, -0.1) is 0 Å². The zero-order chi connectivity index (χ0) is 18.4. The number of aryl methyl sites for hydroxylation is 1. The SMILES string of the molecule is O=C(O)c1ccc(CCC(=O)c2cccnc2Nc2ccccc2)cc1. The van der Waals surface area contributed by atoms with E-state index in [0.717, 1.165) is 11.3 Å². The minimum absolute atomic E-state index is 0.0150. The molecule has 0 saturated heterocycles. The summed E-state index contributed by atoms with van der Waals surface area (Å²) in [6.45, 7) is 0. The second kappa shape index (κ2) is 8.07. The standard InChI is InChI=1S/C21H18N2O3/c24-19(13-10-15-8-11-16(12-9-15)21(25)26)18-7-4-14-22-20(18)23-17-5-2-1-3-6-17/h1-9,11-12,14H,10,13H2,(H,22,23)(H,25,26). The van der Waals surface area contributed by atoms with Gasteiger partial charge in [0, 0.05) is 18.3 Å². The Hall–Kier alpha value is -3.47. The van der Waals surface area contributed by atoms with Crippen molar-refractivity contribution < 1.29 is 14.7 Å². The molecule has 0 fully saturated rings. The molecule has 130 valence electrons. The van der Waals surface area contributed by atoms with E-state index in [2.05, 4.69) is 10.3 Å². The smallest absolute Gasteiger partial charge is 0.335 e. The van der Waals surface area contributed by atoms with Crippen molar-refractivity contribution in [1.29, 1.82) is 0 Å². The minimum Gasteiger partial charge on any atom is -0.478 e. The quantitative estimate of drug-likeness (QED) is 0.622. The summed E-state index contributed by atoms with van der Waals surface area (Å²) in [6, 6.07) is 19.6. The Morgan fingerprint density at radius 1 is 0.923 bits per heavy atom. The average molecular weight is 346 g/mol. The number of carbonyl (C=O) groups excluding carboxylic acids is 1. The topological polar surface area (TPSA) is 79.3 Å². The van der Waals surface area contributed by atoms with Crippen LogP contribution in [0.1, 0.15) is 32.7 Å². The summed E-state index contributed by atoms with van der Waals surface area (Å²) >= 11 is 0. The average Bonchev–Trinajstić information content (AvgIpc) is 2.67. The second-order valence-corrected chi connectivity index (χ2v) is 5.82. The maximum atomic E-state index is 12.6. The molecule has 0 saturated carbocycles. The summed E-state index contributed by atoms with van der Waals surface area (Å²) in [7, 11) is 0. The number of hydrogen-bond donors (Lipinski definition) is 2. The van der Waals surface area contributed by atoms with Gasteiger partial charge in [-0.1, -0.05) is 30.3 Å². The number of carboxylic acids is 1. The first kappa shape index (κ1) is 17.4. The number of nitrogens with one attached hydrogen (secondary N) is 1. The molecule has 0 amide bonds. The van der Waals surface area contributed by atoms with Crippen molar-refractivity contribution >= 4 is 23.3 Å². The van der Waals surface area contributed by atoms with E-state index in [-0.39, 0.29) is 11.3 Å². The van der Waals surface area contributed by atoms with Crippen molar-refractivity contribution in [3.05, 3.63) is 89.6 Å². The molecule has 5 nitrogen and oxygen atoms in total. The van der Waals surface area contributed by atoms with E-state index in [4.69, 9.17) is 5.11 Å². The first-order valence-corrected chi connectivity index (χ1v) is 8.26. The van der Waals surface area contributed by atoms with Gasteiger partial charge in [0.2, 0.25) is 0 Å². The Bertz CT molecular complexity index is 906. The maximum Gasteiger partial charge on any atom is 0.335 e. The van der Waals surface area contributed by atoms with Gasteiger partial charge in [-0.3, -0.25) is 4.79 Å². The number of aromatic nitrogens is 1. The number of hydrogen-bond acceptors (Lipinski definition) is 4. The fraction of sp³-hybridized carbons (Fsp3) is 0.0952. The molecule has 2 N–H and O–H groups in total. The van der Waals surface area contributed by atoms with Crippen molar-refractivity contribution in [3.63, 3.8) is 0 Å². The first-order chi connectivity index (χ1) is 12.6. The number of ketones is 1. The molecule has 3 rings (SSSR count). The first-order valence-electron chi connectivity index (χ1n) is 8.26. The summed E-state index contributed by atoms with van der Waals surface area (Å²) in [5.74, 6) is -0.441. The van der Waals surface area contributed by atoms with Gasteiger partial charge >= 0.3 is 5.97 Å². The molecule has 0 aliphatic carbocycles. The molecule has 3 aromatic rings. The lowest BCUT2D eigenvalue weighted by atomic mass is 10.0. The third-order valence-electron chi connectivity index (χ3n) is 3.99. The monoisotopic (exact) mass is 346 g/mol. The van der Waals surface area contributed by atoms with Crippen LogP contribution in [0.4, 0.5) is 11.5 Å². The van der Waals surface area contributed by atoms with Gasteiger partial charge in [0.05, 0.1) is 11.1 Å². The third kappa shape index (κ3) is 4.33. The molecule has 0 aliphatic rings. The van der Waals surface area contributed by atoms with Crippen LogP contribution in [-0.2, 0) is 6.42 Å². The van der Waals surface area contributed by atoms with Gasteiger partial charge in [-0.2, -0.15) is 0 Å². The van der Waals surface area contributed by atoms with Crippen LogP contribution in [0, 0.1) is 0 Å². The Kier molecular flexibility index (Phi) is 5.39. The zero-order valence-electron chi connectivity index (χ0n) is 14.1. The van der Waals surface area contributed by atoms with Gasteiger partial charge in [0.25, 0.3) is 0 Å². The van der Waals surface area contributed by atoms with E-state index in [9.17, 15) is 9.59 Å². The molecule has 0 atom stereocenters. The summed E-state index contributed by atoms with van der Waals surface area (Å²) in [6.07, 6.45) is 2.51. The fourth-order valence-electron chi connectivity index (χ4n) is 2.59. The molecule has 0 unspecified atom stereocenters. The molecule has 0 bridgehead atoms. The minimum atomic E-state index is -0.959. The van der Waals surface area contributed by atoms with Crippen LogP contribution >= 0.6 is 0 Å². The third-order valence-corrected chi connectivity index (χ3v) is 3.99. The van der Waals surface area contributed by atoms with Crippen LogP contribution in [0.25, 0.3) is 0 Å². The maximum absolute atomic E-state index is 12.6. The van der Waals surface area contributed by atoms with Crippen molar-refractivity contribution in [2.24, 2.45) is 0 Å². The molecule has 26 heavy (non-hydrogen) atoms. The van der Waals surface area contributed by atoms with Crippen molar-refractivity contribution in [2.45, 2.75) is 12.8 Å². The van der Waals surface area contributed by atoms with Crippen molar-refractivity contribution in [2.75, 3.05) is 5.32 Å². The summed E-state index contributed by atoms with van der Waals surface area (Å²) in [4.78, 5) is 27.8. The fourth-order valence-corrected chi connectivity index (χ4v) is 2.59. The second-order valence-electron chi connectivity index (χ2n) is 5.82. The van der Waals surface area contributed by atoms with E-state index in [1.165, 1.54) is 0 Å². The van der Waals surface area contributed by atoms with Crippen molar-refractivity contribution in [1.82, 2.24) is 4.98 Å². The normalized spacial score (nSPS) is 10.3. The molecule has 0 radical (unpaired) electrons. The molecule has 0 spiro atoms. The Morgan fingerprint density at radius 3 is 2.35 bits per heavy atom. The number of pyridine rings is 1. The highest BCUT2D eigenvalue weighted by Crippen LogP contribution is 2.20. The van der Waals surface area contributed by atoms with E-state index in [1.54, 1.807) is 42.6 Å². The number of nitrogens with zero attached hydrogens (tertiary/aromatic N) is 1. The summed E-state index contributed by atoms with van der Waals surface area (Å²) in [5, 5.41) is 12.1. The highest BCUT2D eigenvalue weighted by molar-refractivity contribution is 6.01. The van der Waals surface area contributed by atoms with Gasteiger partial charge in [0.1, 0.15) is 5.82 Å². The number of para-hydroxylation sites is 1. The van der Waals surface area contributed by atoms with Gasteiger partial charge in [-0.05, 0) is 48.4 Å². The predicted molar refractivity (Wildman–Crippen MR) is 100 cm³/mol. The predicted octanol–water partition coefficient (Wildman–Crippen LogP) is 4.34. The van der Waals surface area contributed by atoms with Crippen molar-refractivity contribution in [3.8, 4) is 0 Å². The summed E-state index contributed by atoms with van der Waals surface area (Å²) in [5.41, 5.74) is 2.56. The van der Waals surface area contributed by atoms with Crippen LogP contribution < -0.4 is 5.32 Å². The van der Waals surface area contributed by atoms with E-state index >= 15 is 0 Å². The van der Waals surface area contributed by atoms with Crippen LogP contribution in [0.2, 0.25) is 0 Å². The lowest BCUT2D eigenvalue weighted by Gasteiger charge is -2.10. The number of anilines is 2. The van der Waals surface area contributed by atoms with Crippen LogP contribution in [-0.4, -0.2) is 21.8 Å². The molecule has 2 aromatic carbocycles. The Morgan fingerprint density at radius 2 is 1.65 bits per heavy atom. The number of carboxylic acid groups (broad SMARTS) is 1. The van der Waals surface area contributed by atoms with E-state index in [1.807, 2.05) is 30.3 Å². The number of Topliss-reactive ketones (excluding diaryl/α,β-unsaturated/α-hetero) is 1. The molecular weight excluding hydrogens is 328 g/mol. The molecule has 1 aromatic heterocycles. The number of benzene rings is 2. The van der Waals surface area contributed by atoms with E-state index in [0.29, 0.717) is 24.2 Å². The highest BCUT2D eigenvalue weighted by atomic mass is 16.4. The van der Waals surface area contributed by atoms with Crippen LogP contribution in [0.3, 0.4) is 0 Å². The van der Waals surface area contributed by atoms with Crippen LogP contribution in [0.5, 0.6) is 0 Å². The van der Waals surface area contributed by atoms with Gasteiger partial charge in [0.15, 0.2) is 5.78 Å². The molecular formula is C21H18N2O3. The lowest BCUT2D eigenvalue weighted by Crippen LogP contribution is -2.07. The molecule has 5 heteroatoms. The molecule has 1 heterocycles. The Balaban J connectivity index is 1.69. The lowest BCUT2D eigenvalue weighted by molar-refractivity contribution is 0.0696. The zero-order valence-corrected chi connectivity index (χ0v) is 14.1. The van der Waals surface area contributed by atoms with Crippen LogP contribution in [0.15, 0.2) is 72.9 Å². The van der Waals surface area contributed by atoms with Gasteiger partial charge in [-0.25, -0.2) is 9.78 Å².